The summed E-state index contributed by atoms with van der Waals surface area (Å²) in [6.07, 6.45) is 0. The molecule has 0 radical (unpaired) electrons. The molecule has 0 amide bonds. The Morgan fingerprint density at radius 1 is 1.07 bits per heavy atom. The average Bonchev–Trinajstić information content (AvgIpc) is 2.67. The van der Waals surface area contributed by atoms with Crippen molar-refractivity contribution in [2.75, 3.05) is 53.4 Å². The van der Waals surface area contributed by atoms with Gasteiger partial charge in [0.1, 0.15) is 0 Å². The minimum absolute atomic E-state index is 0. The Kier molecular flexibility index (Phi) is 11.3. The Morgan fingerprint density at radius 3 is 2.25 bits per heavy atom. The third-order valence-electron chi connectivity index (χ3n) is 5.02. The molecule has 1 saturated heterocycles. The Balaban J connectivity index is 0.00000392. The lowest BCUT2D eigenvalue weighted by molar-refractivity contribution is 0.0268. The van der Waals surface area contributed by atoms with Gasteiger partial charge in [0.2, 0.25) is 0 Å². The van der Waals surface area contributed by atoms with Gasteiger partial charge >= 0.3 is 0 Å². The Bertz CT molecular complexity index is 583. The molecule has 6 nitrogen and oxygen atoms in total. The standard InChI is InChI=1S/C21H37N5O.HI/c1-6-22-20(24-17-21(2,3)27-5)23-15-18-7-9-19(10-8-18)16-26-13-11-25(4)12-14-26;/h7-10H,6,11-17H2,1-5H3,(H2,22,23,24);1H. The second kappa shape index (κ2) is 12.6. The molecule has 1 aromatic rings. The molecule has 0 bridgehead atoms. The number of nitrogens with zero attached hydrogens (tertiary/aromatic N) is 3. The maximum absolute atomic E-state index is 5.46. The van der Waals surface area contributed by atoms with Crippen LogP contribution < -0.4 is 10.6 Å². The Labute approximate surface area is 188 Å². The SMILES string of the molecule is CCNC(=NCc1ccc(CN2CCN(C)CC2)cc1)NCC(C)(C)OC.I. The maximum atomic E-state index is 5.46. The smallest absolute Gasteiger partial charge is 0.191 e. The Hall–Kier alpha value is -0.900. The van der Waals surface area contributed by atoms with Crippen LogP contribution in [-0.4, -0.2) is 74.8 Å². The quantitative estimate of drug-likeness (QED) is 0.325. The van der Waals surface area contributed by atoms with Crippen LogP contribution in [0.25, 0.3) is 0 Å². The van der Waals surface area contributed by atoms with Crippen LogP contribution in [0, 0.1) is 0 Å². The minimum atomic E-state index is -0.221. The van der Waals surface area contributed by atoms with Gasteiger partial charge in [-0.05, 0) is 38.9 Å². The number of halogens is 1. The second-order valence-electron chi connectivity index (χ2n) is 7.91. The summed E-state index contributed by atoms with van der Waals surface area (Å²) in [5.41, 5.74) is 2.38. The van der Waals surface area contributed by atoms with E-state index in [4.69, 9.17) is 9.73 Å². The molecule has 7 heteroatoms. The van der Waals surface area contributed by atoms with Crippen molar-refractivity contribution in [3.8, 4) is 0 Å². The highest BCUT2D eigenvalue weighted by Gasteiger charge is 2.16. The molecule has 0 spiro atoms. The molecule has 0 aliphatic carbocycles. The molecule has 1 heterocycles. The number of guanidine groups is 1. The van der Waals surface area contributed by atoms with Gasteiger partial charge in [-0.2, -0.15) is 0 Å². The van der Waals surface area contributed by atoms with Gasteiger partial charge in [0.15, 0.2) is 5.96 Å². The number of ether oxygens (including phenoxy) is 1. The highest BCUT2D eigenvalue weighted by atomic mass is 127. The van der Waals surface area contributed by atoms with E-state index < -0.39 is 0 Å². The number of methoxy groups -OCH3 is 1. The fraction of sp³-hybridized carbons (Fsp3) is 0.667. The normalized spacial score (nSPS) is 16.5. The number of aliphatic imine (C=N–C) groups is 1. The zero-order valence-electron chi connectivity index (χ0n) is 18.1. The highest BCUT2D eigenvalue weighted by Crippen LogP contribution is 2.10. The highest BCUT2D eigenvalue weighted by molar-refractivity contribution is 14.0. The first-order chi connectivity index (χ1) is 12.9. The van der Waals surface area contributed by atoms with Gasteiger partial charge in [0.25, 0.3) is 0 Å². The molecule has 0 saturated carbocycles. The number of benzene rings is 1. The van der Waals surface area contributed by atoms with Crippen LogP contribution in [0.1, 0.15) is 31.9 Å². The molecule has 0 unspecified atom stereocenters. The minimum Gasteiger partial charge on any atom is -0.377 e. The predicted molar refractivity (Wildman–Crippen MR) is 129 cm³/mol. The molecule has 0 aromatic heterocycles. The van der Waals surface area contributed by atoms with Crippen molar-refractivity contribution in [2.45, 2.75) is 39.5 Å². The number of rotatable bonds is 8. The van der Waals surface area contributed by atoms with Gasteiger partial charge in [0, 0.05) is 52.9 Å². The van der Waals surface area contributed by atoms with Crippen molar-refractivity contribution >= 4 is 29.9 Å². The van der Waals surface area contributed by atoms with E-state index in [0.29, 0.717) is 13.1 Å². The van der Waals surface area contributed by atoms with Gasteiger partial charge < -0.3 is 20.3 Å². The van der Waals surface area contributed by atoms with Gasteiger partial charge in [-0.15, -0.1) is 24.0 Å². The number of piperazine rings is 1. The summed E-state index contributed by atoms with van der Waals surface area (Å²) >= 11 is 0. The van der Waals surface area contributed by atoms with Gasteiger partial charge in [-0.3, -0.25) is 4.90 Å². The molecule has 0 atom stereocenters. The number of hydrogen-bond donors (Lipinski definition) is 2. The molecule has 160 valence electrons. The first kappa shape index (κ1) is 25.1. The number of likely N-dealkylation sites (N-methyl/N-ethyl adjacent to an activating group) is 1. The second-order valence-corrected chi connectivity index (χ2v) is 7.91. The van der Waals surface area contributed by atoms with E-state index in [-0.39, 0.29) is 29.6 Å². The number of hydrogen-bond acceptors (Lipinski definition) is 4. The van der Waals surface area contributed by atoms with E-state index >= 15 is 0 Å². The molecule has 2 rings (SSSR count). The van der Waals surface area contributed by atoms with Crippen molar-refractivity contribution in [2.24, 2.45) is 4.99 Å². The van der Waals surface area contributed by atoms with E-state index in [2.05, 4.69) is 72.5 Å². The summed E-state index contributed by atoms with van der Waals surface area (Å²) in [5, 5.41) is 6.65. The van der Waals surface area contributed by atoms with Crippen LogP contribution in [0.5, 0.6) is 0 Å². The zero-order valence-corrected chi connectivity index (χ0v) is 20.5. The molecule has 1 aliphatic heterocycles. The maximum Gasteiger partial charge on any atom is 0.191 e. The van der Waals surface area contributed by atoms with E-state index in [1.165, 1.54) is 11.1 Å². The van der Waals surface area contributed by atoms with Crippen LogP contribution in [0.15, 0.2) is 29.3 Å². The lowest BCUT2D eigenvalue weighted by atomic mass is 10.1. The van der Waals surface area contributed by atoms with E-state index in [0.717, 1.165) is 45.2 Å². The lowest BCUT2D eigenvalue weighted by Gasteiger charge is -2.32. The molecule has 28 heavy (non-hydrogen) atoms. The fourth-order valence-corrected chi connectivity index (χ4v) is 2.90. The summed E-state index contributed by atoms with van der Waals surface area (Å²) in [6, 6.07) is 8.85. The first-order valence-electron chi connectivity index (χ1n) is 9.98. The van der Waals surface area contributed by atoms with Crippen LogP contribution in [0.4, 0.5) is 0 Å². The van der Waals surface area contributed by atoms with Crippen molar-refractivity contribution in [3.63, 3.8) is 0 Å². The van der Waals surface area contributed by atoms with Gasteiger partial charge in [0.05, 0.1) is 12.1 Å². The van der Waals surface area contributed by atoms with Gasteiger partial charge in [-0.25, -0.2) is 4.99 Å². The molecular weight excluding hydrogens is 465 g/mol. The topological polar surface area (TPSA) is 52.1 Å². The van der Waals surface area contributed by atoms with Crippen molar-refractivity contribution in [1.29, 1.82) is 0 Å². The van der Waals surface area contributed by atoms with E-state index in [1.807, 2.05) is 0 Å². The average molecular weight is 503 g/mol. The molecule has 1 aromatic carbocycles. The lowest BCUT2D eigenvalue weighted by Crippen LogP contribution is -2.45. The van der Waals surface area contributed by atoms with Crippen molar-refractivity contribution in [1.82, 2.24) is 20.4 Å². The summed E-state index contributed by atoms with van der Waals surface area (Å²) in [7, 11) is 3.93. The summed E-state index contributed by atoms with van der Waals surface area (Å²) < 4.78 is 5.46. The summed E-state index contributed by atoms with van der Waals surface area (Å²) in [6.45, 7) is 14.1. The largest absolute Gasteiger partial charge is 0.377 e. The third kappa shape index (κ3) is 9.07. The molecule has 1 fully saturated rings. The van der Waals surface area contributed by atoms with Crippen LogP contribution in [-0.2, 0) is 17.8 Å². The number of nitrogens with one attached hydrogen (secondary N) is 2. The van der Waals surface area contributed by atoms with Crippen molar-refractivity contribution in [3.05, 3.63) is 35.4 Å². The predicted octanol–water partition coefficient (Wildman–Crippen LogP) is 2.53. The summed E-state index contributed by atoms with van der Waals surface area (Å²) in [4.78, 5) is 9.61. The van der Waals surface area contributed by atoms with Gasteiger partial charge in [-0.1, -0.05) is 24.3 Å². The molecule has 1 aliphatic rings. The monoisotopic (exact) mass is 503 g/mol. The Morgan fingerprint density at radius 2 is 1.68 bits per heavy atom. The van der Waals surface area contributed by atoms with Crippen LogP contribution in [0.3, 0.4) is 0 Å². The first-order valence-corrected chi connectivity index (χ1v) is 9.98. The molecular formula is C21H38IN5O. The van der Waals surface area contributed by atoms with Crippen molar-refractivity contribution < 1.29 is 4.74 Å². The van der Waals surface area contributed by atoms with E-state index in [9.17, 15) is 0 Å². The fourth-order valence-electron chi connectivity index (χ4n) is 2.90. The van der Waals surface area contributed by atoms with E-state index in [1.54, 1.807) is 7.11 Å². The van der Waals surface area contributed by atoms with Crippen LogP contribution in [0.2, 0.25) is 0 Å². The zero-order chi connectivity index (χ0) is 19.7. The molecule has 2 N–H and O–H groups in total. The van der Waals surface area contributed by atoms with Crippen LogP contribution >= 0.6 is 24.0 Å². The third-order valence-corrected chi connectivity index (χ3v) is 5.02. The summed E-state index contributed by atoms with van der Waals surface area (Å²) in [5.74, 6) is 0.823.